The quantitative estimate of drug-likeness (QED) is 0.744. The van der Waals surface area contributed by atoms with Crippen molar-refractivity contribution in [2.75, 3.05) is 21.3 Å². The lowest BCUT2D eigenvalue weighted by atomic mass is 9.93. The van der Waals surface area contributed by atoms with Gasteiger partial charge in [0.2, 0.25) is 0 Å². The van der Waals surface area contributed by atoms with Gasteiger partial charge in [-0.25, -0.2) is 0 Å². The molecule has 2 N–H and O–H groups in total. The van der Waals surface area contributed by atoms with Gasteiger partial charge < -0.3 is 19.0 Å². The number of hydrogen-bond donors (Lipinski definition) is 1. The Bertz CT molecular complexity index is 248. The molecule has 5 heteroatoms. The summed E-state index contributed by atoms with van der Waals surface area (Å²) in [5.74, 6) is 0. The molecule has 17 heavy (non-hydrogen) atoms. The third-order valence-electron chi connectivity index (χ3n) is 3.54. The summed E-state index contributed by atoms with van der Waals surface area (Å²) in [5, 5.41) is 0. The second kappa shape index (κ2) is 7.16. The Morgan fingerprint density at radius 1 is 1.06 bits per heavy atom. The molecule has 0 atom stereocenters. The SMILES string of the molecule is CO[Si](CCC(N)=C1CCCCC1)(OC)OC. The summed E-state index contributed by atoms with van der Waals surface area (Å²) in [4.78, 5) is 0. The van der Waals surface area contributed by atoms with Gasteiger partial charge in [0.15, 0.2) is 0 Å². The molecule has 0 spiro atoms. The molecule has 100 valence electrons. The molecule has 0 aromatic rings. The van der Waals surface area contributed by atoms with E-state index in [4.69, 9.17) is 19.0 Å². The number of nitrogens with two attached hydrogens (primary N) is 1. The fourth-order valence-electron chi connectivity index (χ4n) is 2.32. The Morgan fingerprint density at radius 2 is 1.59 bits per heavy atom. The van der Waals surface area contributed by atoms with Crippen LogP contribution in [0.1, 0.15) is 38.5 Å². The van der Waals surface area contributed by atoms with E-state index in [1.54, 1.807) is 21.3 Å². The average molecular weight is 259 g/mol. The first-order chi connectivity index (χ1) is 8.17. The van der Waals surface area contributed by atoms with Crippen LogP contribution in [0.25, 0.3) is 0 Å². The molecule has 0 radical (unpaired) electrons. The maximum atomic E-state index is 6.15. The molecule has 0 aromatic heterocycles. The van der Waals surface area contributed by atoms with Gasteiger partial charge in [-0.3, -0.25) is 0 Å². The minimum atomic E-state index is -2.46. The minimum Gasteiger partial charge on any atom is -0.402 e. The summed E-state index contributed by atoms with van der Waals surface area (Å²) >= 11 is 0. The van der Waals surface area contributed by atoms with Crippen LogP contribution in [0.4, 0.5) is 0 Å². The van der Waals surface area contributed by atoms with E-state index in [0.717, 1.165) is 31.0 Å². The molecule has 1 saturated carbocycles. The minimum absolute atomic E-state index is 0.756. The smallest absolute Gasteiger partial charge is 0.402 e. The van der Waals surface area contributed by atoms with Crippen molar-refractivity contribution in [3.05, 3.63) is 11.3 Å². The molecule has 1 aliphatic rings. The molecule has 0 aliphatic heterocycles. The number of rotatable bonds is 6. The highest BCUT2D eigenvalue weighted by Crippen LogP contribution is 2.27. The first kappa shape index (κ1) is 14.7. The molecular formula is C12H25NO3Si. The van der Waals surface area contributed by atoms with Gasteiger partial charge in [-0.1, -0.05) is 12.0 Å². The molecule has 0 bridgehead atoms. The number of hydrogen-bond acceptors (Lipinski definition) is 4. The molecule has 0 saturated heterocycles. The fraction of sp³-hybridized carbons (Fsp3) is 0.833. The molecule has 4 nitrogen and oxygen atoms in total. The lowest BCUT2D eigenvalue weighted by molar-refractivity contribution is 0.123. The summed E-state index contributed by atoms with van der Waals surface area (Å²) < 4.78 is 16.2. The van der Waals surface area contributed by atoms with Crippen LogP contribution in [0.15, 0.2) is 11.3 Å². The van der Waals surface area contributed by atoms with Crippen molar-refractivity contribution in [3.63, 3.8) is 0 Å². The Labute approximate surface area is 105 Å². The molecule has 1 fully saturated rings. The Hall–Kier alpha value is -0.363. The molecule has 1 aliphatic carbocycles. The van der Waals surface area contributed by atoms with E-state index >= 15 is 0 Å². The van der Waals surface area contributed by atoms with Crippen molar-refractivity contribution in [1.29, 1.82) is 0 Å². The van der Waals surface area contributed by atoms with Crippen LogP contribution in [0.5, 0.6) is 0 Å². The highest BCUT2D eigenvalue weighted by molar-refractivity contribution is 6.60. The van der Waals surface area contributed by atoms with E-state index < -0.39 is 8.80 Å². The zero-order valence-electron chi connectivity index (χ0n) is 11.3. The van der Waals surface area contributed by atoms with Gasteiger partial charge in [0.05, 0.1) is 0 Å². The zero-order valence-corrected chi connectivity index (χ0v) is 12.3. The average Bonchev–Trinajstić information content (AvgIpc) is 2.41. The predicted molar refractivity (Wildman–Crippen MR) is 70.5 cm³/mol. The molecule has 0 amide bonds. The van der Waals surface area contributed by atoms with Crippen molar-refractivity contribution >= 4 is 8.80 Å². The highest BCUT2D eigenvalue weighted by Gasteiger charge is 2.37. The molecule has 0 unspecified atom stereocenters. The van der Waals surface area contributed by atoms with Gasteiger partial charge in [0, 0.05) is 33.1 Å². The van der Waals surface area contributed by atoms with E-state index in [9.17, 15) is 0 Å². The van der Waals surface area contributed by atoms with Crippen molar-refractivity contribution in [2.45, 2.75) is 44.6 Å². The van der Waals surface area contributed by atoms with Crippen molar-refractivity contribution in [3.8, 4) is 0 Å². The van der Waals surface area contributed by atoms with E-state index in [-0.39, 0.29) is 0 Å². The highest BCUT2D eigenvalue weighted by atomic mass is 28.4. The van der Waals surface area contributed by atoms with Gasteiger partial charge >= 0.3 is 8.80 Å². The normalized spacial score (nSPS) is 17.2. The maximum absolute atomic E-state index is 6.15. The Balaban J connectivity index is 2.53. The Kier molecular flexibility index (Phi) is 6.19. The van der Waals surface area contributed by atoms with Crippen LogP contribution >= 0.6 is 0 Å². The summed E-state index contributed by atoms with van der Waals surface area (Å²) in [6, 6.07) is 0.756. The van der Waals surface area contributed by atoms with Crippen molar-refractivity contribution in [2.24, 2.45) is 5.73 Å². The van der Waals surface area contributed by atoms with Crippen molar-refractivity contribution < 1.29 is 13.3 Å². The fourth-order valence-corrected chi connectivity index (χ4v) is 4.01. The molecular weight excluding hydrogens is 234 g/mol. The first-order valence-corrected chi connectivity index (χ1v) is 8.22. The zero-order chi connectivity index (χ0) is 12.7. The van der Waals surface area contributed by atoms with Gasteiger partial charge in [-0.05, 0) is 32.1 Å². The topological polar surface area (TPSA) is 53.7 Å². The lowest BCUT2D eigenvalue weighted by Gasteiger charge is -2.25. The summed E-state index contributed by atoms with van der Waals surface area (Å²) in [5.41, 5.74) is 8.61. The van der Waals surface area contributed by atoms with Crippen LogP contribution < -0.4 is 5.73 Å². The van der Waals surface area contributed by atoms with Crippen LogP contribution in [-0.4, -0.2) is 30.1 Å². The first-order valence-electron chi connectivity index (χ1n) is 6.29. The summed E-state index contributed by atoms with van der Waals surface area (Å²) in [6.45, 7) is 0. The Morgan fingerprint density at radius 3 is 2.06 bits per heavy atom. The van der Waals surface area contributed by atoms with Crippen molar-refractivity contribution in [1.82, 2.24) is 0 Å². The van der Waals surface area contributed by atoms with Crippen LogP contribution in [0.3, 0.4) is 0 Å². The van der Waals surface area contributed by atoms with Gasteiger partial charge in [-0.15, -0.1) is 0 Å². The third kappa shape index (κ3) is 4.10. The third-order valence-corrected chi connectivity index (χ3v) is 6.27. The second-order valence-corrected chi connectivity index (χ2v) is 7.58. The van der Waals surface area contributed by atoms with Gasteiger partial charge in [0.25, 0.3) is 0 Å². The van der Waals surface area contributed by atoms with E-state index in [1.165, 1.54) is 24.8 Å². The molecule has 0 heterocycles. The molecule has 0 aromatic carbocycles. The van der Waals surface area contributed by atoms with Gasteiger partial charge in [0.1, 0.15) is 0 Å². The van der Waals surface area contributed by atoms with Crippen LogP contribution in [0.2, 0.25) is 6.04 Å². The van der Waals surface area contributed by atoms with Crippen LogP contribution in [0, 0.1) is 0 Å². The van der Waals surface area contributed by atoms with E-state index in [0.29, 0.717) is 0 Å². The van der Waals surface area contributed by atoms with Crippen LogP contribution in [-0.2, 0) is 13.3 Å². The monoisotopic (exact) mass is 259 g/mol. The van der Waals surface area contributed by atoms with Gasteiger partial charge in [-0.2, -0.15) is 0 Å². The maximum Gasteiger partial charge on any atom is 0.500 e. The van der Waals surface area contributed by atoms with E-state index in [2.05, 4.69) is 0 Å². The second-order valence-electron chi connectivity index (χ2n) is 4.48. The predicted octanol–water partition coefficient (Wildman–Crippen LogP) is 2.43. The summed E-state index contributed by atoms with van der Waals surface area (Å²) in [6.07, 6.45) is 7.02. The van der Waals surface area contributed by atoms with E-state index in [1.807, 2.05) is 0 Å². The largest absolute Gasteiger partial charge is 0.500 e. The lowest BCUT2D eigenvalue weighted by Crippen LogP contribution is -2.42. The standard InChI is InChI=1S/C12H25NO3Si/c1-14-17(15-2,16-3)10-9-12(13)11-7-5-4-6-8-11/h4-10,13H2,1-3H3. The summed E-state index contributed by atoms with van der Waals surface area (Å²) in [7, 11) is 2.47. The number of allylic oxidation sites excluding steroid dienone is 2. The molecule has 1 rings (SSSR count).